The fourth-order valence-electron chi connectivity index (χ4n) is 4.64. The van der Waals surface area contributed by atoms with Gasteiger partial charge in [-0.2, -0.15) is 0 Å². The fourth-order valence-corrected chi connectivity index (χ4v) is 4.64. The Morgan fingerprint density at radius 1 is 1.14 bits per heavy atom. The summed E-state index contributed by atoms with van der Waals surface area (Å²) < 4.78 is 31.7. The molecule has 0 radical (unpaired) electrons. The van der Waals surface area contributed by atoms with Gasteiger partial charge < -0.3 is 4.55 Å². The Bertz CT molecular complexity index is 881. The summed E-state index contributed by atoms with van der Waals surface area (Å²) in [5, 5.41) is 0. The number of carbonyl (C=O) groups excluding carboxylic acids is 1. The van der Waals surface area contributed by atoms with Crippen LogP contribution >= 0.6 is 0 Å². The molecule has 2 fully saturated rings. The highest BCUT2D eigenvalue weighted by Crippen LogP contribution is 2.66. The summed E-state index contributed by atoms with van der Waals surface area (Å²) in [7, 11) is 2.91. The number of nitrogens with zero attached hydrogens (tertiary/aromatic N) is 1. The standard InChI is InChI=1S/C20H28NO.CH4O4S/c1-19(2)15-12-13-20(19,3)18(22)16(15)17(21(4,5)6)14-10-8-7-9-11-14;1-5-6(2,3)4/h7-11,15H,12-13H2,1-6H3;1H3,(H,2,3,4)/q+1;/p-1. The molecule has 2 aliphatic rings. The van der Waals surface area contributed by atoms with Crippen LogP contribution in [0.1, 0.15) is 39.2 Å². The van der Waals surface area contributed by atoms with Crippen LogP contribution in [0, 0.1) is 16.7 Å². The highest BCUT2D eigenvalue weighted by molar-refractivity contribution is 7.80. The zero-order chi connectivity index (χ0) is 21.5. The van der Waals surface area contributed by atoms with Crippen LogP contribution in [0.3, 0.4) is 0 Å². The molecule has 6 nitrogen and oxygen atoms in total. The van der Waals surface area contributed by atoms with Crippen molar-refractivity contribution in [3.8, 4) is 0 Å². The summed E-state index contributed by atoms with van der Waals surface area (Å²) in [6.07, 6.45) is 2.17. The first-order valence-corrected chi connectivity index (χ1v) is 10.7. The lowest BCUT2D eigenvalue weighted by atomic mass is 9.70. The van der Waals surface area contributed by atoms with Gasteiger partial charge in [0, 0.05) is 11.0 Å². The molecule has 1 aromatic carbocycles. The molecule has 2 bridgehead atoms. The van der Waals surface area contributed by atoms with Crippen molar-refractivity contribution in [1.29, 1.82) is 0 Å². The number of quaternary nitrogens is 1. The molecule has 0 aromatic heterocycles. The van der Waals surface area contributed by atoms with Gasteiger partial charge in [0.1, 0.15) is 5.70 Å². The molecule has 2 aliphatic carbocycles. The van der Waals surface area contributed by atoms with E-state index in [1.807, 2.05) is 6.07 Å². The minimum Gasteiger partial charge on any atom is -0.726 e. The van der Waals surface area contributed by atoms with E-state index < -0.39 is 10.4 Å². The van der Waals surface area contributed by atoms with E-state index in [-0.39, 0.29) is 10.8 Å². The molecule has 0 heterocycles. The number of allylic oxidation sites excluding steroid dienone is 1. The Balaban J connectivity index is 0.000000409. The second-order valence-electron chi connectivity index (χ2n) is 9.19. The minimum absolute atomic E-state index is 0.0641. The molecule has 156 valence electrons. The molecule has 28 heavy (non-hydrogen) atoms. The first-order valence-electron chi connectivity index (χ1n) is 9.34. The topological polar surface area (TPSA) is 83.5 Å². The molecular weight excluding hydrogens is 378 g/mol. The molecule has 0 N–H and O–H groups in total. The van der Waals surface area contributed by atoms with Crippen molar-refractivity contribution in [3.05, 3.63) is 41.5 Å². The van der Waals surface area contributed by atoms with E-state index in [0.29, 0.717) is 16.2 Å². The first kappa shape index (κ1) is 22.7. The van der Waals surface area contributed by atoms with E-state index in [1.165, 1.54) is 11.3 Å². The number of benzene rings is 1. The quantitative estimate of drug-likeness (QED) is 0.331. The number of carbonyl (C=O) groups is 1. The van der Waals surface area contributed by atoms with Crippen molar-refractivity contribution in [1.82, 2.24) is 0 Å². The van der Waals surface area contributed by atoms with E-state index in [4.69, 9.17) is 0 Å². The van der Waals surface area contributed by atoms with E-state index in [9.17, 15) is 17.8 Å². The van der Waals surface area contributed by atoms with Crippen molar-refractivity contribution in [2.75, 3.05) is 28.3 Å². The highest BCUT2D eigenvalue weighted by atomic mass is 32.3. The van der Waals surface area contributed by atoms with Crippen LogP contribution in [0.5, 0.6) is 0 Å². The van der Waals surface area contributed by atoms with Gasteiger partial charge in [-0.05, 0) is 36.3 Å². The number of ketones is 1. The largest absolute Gasteiger partial charge is 0.726 e. The molecule has 2 saturated carbocycles. The Hall–Kier alpha value is -1.54. The van der Waals surface area contributed by atoms with Gasteiger partial charge in [0.15, 0.2) is 5.78 Å². The van der Waals surface area contributed by atoms with Gasteiger partial charge in [-0.15, -0.1) is 0 Å². The number of rotatable bonds is 3. The zero-order valence-electron chi connectivity index (χ0n) is 17.8. The summed E-state index contributed by atoms with van der Waals surface area (Å²) in [6.45, 7) is 6.75. The smallest absolute Gasteiger partial charge is 0.217 e. The summed E-state index contributed by atoms with van der Waals surface area (Å²) in [5.41, 5.74) is 3.35. The maximum atomic E-state index is 13.3. The molecule has 1 aromatic rings. The summed E-state index contributed by atoms with van der Waals surface area (Å²) >= 11 is 0. The Labute approximate surface area is 168 Å². The Kier molecular flexibility index (Phi) is 5.99. The van der Waals surface area contributed by atoms with Gasteiger partial charge in [0.25, 0.3) is 0 Å². The second kappa shape index (κ2) is 7.37. The highest BCUT2D eigenvalue weighted by Gasteiger charge is 2.65. The van der Waals surface area contributed by atoms with Gasteiger partial charge in [0.05, 0.1) is 33.8 Å². The second-order valence-corrected chi connectivity index (χ2v) is 10.3. The molecule has 7 heteroatoms. The normalized spacial score (nSPS) is 28.0. The van der Waals surface area contributed by atoms with E-state index in [2.05, 4.69) is 70.4 Å². The SMILES string of the molecule is CC12CCC(C(=C(c3ccccc3)[N+](C)(C)C)C1=O)C2(C)C.COS(=O)(=O)[O-]. The molecule has 2 atom stereocenters. The van der Waals surface area contributed by atoms with Gasteiger partial charge in [-0.1, -0.05) is 39.0 Å². The molecule has 3 rings (SSSR count). The van der Waals surface area contributed by atoms with Crippen LogP contribution < -0.4 is 0 Å². The van der Waals surface area contributed by atoms with E-state index in [1.54, 1.807) is 0 Å². The molecule has 0 aliphatic heterocycles. The number of hydrogen-bond acceptors (Lipinski definition) is 5. The van der Waals surface area contributed by atoms with Crippen molar-refractivity contribution >= 4 is 21.9 Å². The molecule has 0 spiro atoms. The fraction of sp³-hybridized carbons (Fsp3) is 0.571. The van der Waals surface area contributed by atoms with Gasteiger partial charge in [0.2, 0.25) is 10.4 Å². The van der Waals surface area contributed by atoms with Gasteiger partial charge in [-0.25, -0.2) is 8.42 Å². The average molecular weight is 410 g/mol. The van der Waals surface area contributed by atoms with Crippen LogP contribution in [0.4, 0.5) is 0 Å². The molecule has 0 saturated heterocycles. The van der Waals surface area contributed by atoms with Crippen LogP contribution in [0.25, 0.3) is 5.70 Å². The number of hydrogen-bond donors (Lipinski definition) is 0. The Morgan fingerprint density at radius 2 is 1.64 bits per heavy atom. The number of fused-ring (bicyclic) bond motifs is 2. The number of Topliss-reactive ketones (excluding diaryl/α,β-unsaturated/α-hetero) is 1. The molecule has 0 amide bonds. The van der Waals surface area contributed by atoms with Crippen molar-refractivity contribution in [3.63, 3.8) is 0 Å². The van der Waals surface area contributed by atoms with Crippen LogP contribution in [0.15, 0.2) is 35.9 Å². The maximum Gasteiger partial charge on any atom is 0.217 e. The van der Waals surface area contributed by atoms with Crippen molar-refractivity contribution in [2.45, 2.75) is 33.6 Å². The monoisotopic (exact) mass is 409 g/mol. The van der Waals surface area contributed by atoms with Gasteiger partial charge >= 0.3 is 0 Å². The van der Waals surface area contributed by atoms with Crippen LogP contribution in [-0.2, 0) is 19.4 Å². The lowest BCUT2D eigenvalue weighted by molar-refractivity contribution is -0.796. The Morgan fingerprint density at radius 3 is 2.00 bits per heavy atom. The average Bonchev–Trinajstić information content (AvgIpc) is 2.88. The summed E-state index contributed by atoms with van der Waals surface area (Å²) in [5.74, 6) is 0.776. The molecule has 2 unspecified atom stereocenters. The van der Waals surface area contributed by atoms with E-state index in [0.717, 1.165) is 25.5 Å². The van der Waals surface area contributed by atoms with Gasteiger partial charge in [-0.3, -0.25) is 13.5 Å². The van der Waals surface area contributed by atoms with Crippen LogP contribution in [-0.4, -0.2) is 51.5 Å². The summed E-state index contributed by atoms with van der Waals surface area (Å²) in [6, 6.07) is 10.4. The minimum atomic E-state index is -4.41. The third-order valence-corrected chi connectivity index (χ3v) is 6.91. The third-order valence-electron chi connectivity index (χ3n) is 6.50. The lowest BCUT2D eigenvalue weighted by Crippen LogP contribution is -2.36. The predicted octanol–water partition coefficient (Wildman–Crippen LogP) is 3.22. The van der Waals surface area contributed by atoms with Crippen molar-refractivity contribution < 1.29 is 26.4 Å². The maximum absolute atomic E-state index is 13.3. The molecular formula is C21H31NO5S. The zero-order valence-corrected chi connectivity index (χ0v) is 18.6. The van der Waals surface area contributed by atoms with Crippen molar-refractivity contribution in [2.24, 2.45) is 16.7 Å². The third kappa shape index (κ3) is 3.94. The first-order chi connectivity index (χ1) is 12.7. The summed E-state index contributed by atoms with van der Waals surface area (Å²) in [4.78, 5) is 13.3. The lowest BCUT2D eigenvalue weighted by Gasteiger charge is -2.31. The van der Waals surface area contributed by atoms with Crippen LogP contribution in [0.2, 0.25) is 0 Å². The van der Waals surface area contributed by atoms with E-state index >= 15 is 0 Å². The predicted molar refractivity (Wildman–Crippen MR) is 108 cm³/mol.